The van der Waals surface area contributed by atoms with Crippen molar-refractivity contribution in [2.24, 2.45) is 11.8 Å². The number of carbonyl (C=O) groups is 2. The van der Waals surface area contributed by atoms with E-state index in [2.05, 4.69) is 11.8 Å². The summed E-state index contributed by atoms with van der Waals surface area (Å²) in [6.07, 6.45) is 2.41. The van der Waals surface area contributed by atoms with Crippen LogP contribution in [-0.4, -0.2) is 28.4 Å². The topological polar surface area (TPSA) is 57.6 Å². The van der Waals surface area contributed by atoms with E-state index in [1.807, 2.05) is 11.4 Å². The number of fused-ring (bicyclic) bond motifs is 2. The summed E-state index contributed by atoms with van der Waals surface area (Å²) < 4.78 is 0. The summed E-state index contributed by atoms with van der Waals surface area (Å²) in [4.78, 5) is 26.9. The molecule has 0 spiro atoms. The van der Waals surface area contributed by atoms with Crippen LogP contribution in [0.15, 0.2) is 11.4 Å². The second-order valence-corrected chi connectivity index (χ2v) is 6.19. The lowest BCUT2D eigenvalue weighted by Gasteiger charge is -2.29. The monoisotopic (exact) mass is 289 g/mol. The van der Waals surface area contributed by atoms with E-state index in [9.17, 15) is 9.59 Å². The molecular formula is C15H15NO3S. The lowest BCUT2D eigenvalue weighted by atomic mass is 9.97. The van der Waals surface area contributed by atoms with E-state index in [1.54, 1.807) is 0 Å². The van der Waals surface area contributed by atoms with Gasteiger partial charge in [0, 0.05) is 22.3 Å². The van der Waals surface area contributed by atoms with Gasteiger partial charge in [0.15, 0.2) is 0 Å². The number of hydrogen-bond donors (Lipinski definition) is 1. The molecule has 2 heterocycles. The smallest absolute Gasteiger partial charge is 0.232 e. The van der Waals surface area contributed by atoms with Gasteiger partial charge in [-0.15, -0.1) is 11.3 Å². The fraction of sp³-hybridized carbons (Fsp3) is 0.467. The van der Waals surface area contributed by atoms with Crippen molar-refractivity contribution in [2.45, 2.75) is 25.8 Å². The highest BCUT2D eigenvalue weighted by molar-refractivity contribution is 7.10. The average molecular weight is 289 g/mol. The number of rotatable bonds is 2. The number of hydrogen-bond acceptors (Lipinski definition) is 4. The predicted octanol–water partition coefficient (Wildman–Crippen LogP) is 1.38. The number of aliphatic hydroxyl groups is 1. The number of piperidine rings is 1. The molecule has 4 nitrogen and oxygen atoms in total. The van der Waals surface area contributed by atoms with Crippen LogP contribution in [0.4, 0.5) is 0 Å². The Hall–Kier alpha value is -1.64. The van der Waals surface area contributed by atoms with Crippen LogP contribution in [0, 0.1) is 23.7 Å². The first kappa shape index (κ1) is 13.3. The number of amides is 2. The van der Waals surface area contributed by atoms with Crippen LogP contribution in [0.2, 0.25) is 0 Å². The van der Waals surface area contributed by atoms with Gasteiger partial charge in [-0.3, -0.25) is 14.5 Å². The summed E-state index contributed by atoms with van der Waals surface area (Å²) in [6.45, 7) is 0.124. The normalized spacial score (nSPS) is 24.8. The molecular weight excluding hydrogens is 274 g/mol. The molecule has 0 aromatic carbocycles. The van der Waals surface area contributed by atoms with E-state index < -0.39 is 0 Å². The summed E-state index contributed by atoms with van der Waals surface area (Å²) in [7, 11) is 0. The molecule has 2 fully saturated rings. The first-order valence-corrected chi connectivity index (χ1v) is 7.60. The molecule has 1 saturated carbocycles. The third kappa shape index (κ3) is 2.26. The largest absolute Gasteiger partial charge is 0.384 e. The average Bonchev–Trinajstić information content (AvgIpc) is 3.07. The van der Waals surface area contributed by atoms with E-state index in [-0.39, 0.29) is 30.3 Å². The van der Waals surface area contributed by atoms with E-state index in [0.29, 0.717) is 6.54 Å². The zero-order chi connectivity index (χ0) is 14.1. The Kier molecular flexibility index (Phi) is 3.60. The molecule has 1 aliphatic heterocycles. The van der Waals surface area contributed by atoms with Gasteiger partial charge in [0.25, 0.3) is 0 Å². The van der Waals surface area contributed by atoms with Gasteiger partial charge >= 0.3 is 0 Å². The maximum atomic E-state index is 12.3. The van der Waals surface area contributed by atoms with Gasteiger partial charge in [0.1, 0.15) is 6.61 Å². The summed E-state index contributed by atoms with van der Waals surface area (Å²) in [5.74, 6) is 5.47. The van der Waals surface area contributed by atoms with Crippen LogP contribution in [0.1, 0.15) is 29.7 Å². The minimum atomic E-state index is -0.193. The second kappa shape index (κ2) is 5.39. The summed E-state index contributed by atoms with van der Waals surface area (Å²) in [5.41, 5.74) is 0.794. The van der Waals surface area contributed by atoms with Crippen molar-refractivity contribution in [3.8, 4) is 11.8 Å². The van der Waals surface area contributed by atoms with Crippen LogP contribution in [-0.2, 0) is 16.1 Å². The predicted molar refractivity (Wildman–Crippen MR) is 74.7 cm³/mol. The minimum absolute atomic E-state index is 0.0294. The van der Waals surface area contributed by atoms with Crippen molar-refractivity contribution in [1.82, 2.24) is 4.90 Å². The number of nitrogens with zero attached hydrogens (tertiary/aromatic N) is 1. The third-order valence-corrected chi connectivity index (χ3v) is 4.92. The molecule has 2 amide bonds. The van der Waals surface area contributed by atoms with Gasteiger partial charge in [0.2, 0.25) is 11.8 Å². The molecule has 2 aliphatic rings. The first-order chi connectivity index (χ1) is 9.70. The highest BCUT2D eigenvalue weighted by atomic mass is 32.1. The molecule has 1 aromatic rings. The van der Waals surface area contributed by atoms with Crippen LogP contribution >= 0.6 is 11.3 Å². The van der Waals surface area contributed by atoms with Crippen molar-refractivity contribution in [3.63, 3.8) is 0 Å². The van der Waals surface area contributed by atoms with E-state index in [0.717, 1.165) is 29.7 Å². The standard InChI is InChI=1S/C15H15NO3S/c17-6-1-2-10-5-7-20-13(10)9-16-14(18)11-3-4-12(8-11)15(16)19/h5,7,11-12,17H,3-4,6,8-9H2. The van der Waals surface area contributed by atoms with Gasteiger partial charge in [-0.2, -0.15) is 0 Å². The highest BCUT2D eigenvalue weighted by Gasteiger charge is 2.45. The number of likely N-dealkylation sites (tertiary alicyclic amines) is 1. The Balaban J connectivity index is 1.82. The van der Waals surface area contributed by atoms with Crippen molar-refractivity contribution >= 4 is 23.2 Å². The van der Waals surface area contributed by atoms with Gasteiger partial charge in [-0.05, 0) is 30.7 Å². The SMILES string of the molecule is O=C1C2CCC(C2)C(=O)N1Cc1sccc1C#CCO. The van der Waals surface area contributed by atoms with Gasteiger partial charge < -0.3 is 5.11 Å². The molecule has 2 atom stereocenters. The third-order valence-electron chi connectivity index (χ3n) is 4.01. The van der Waals surface area contributed by atoms with Crippen LogP contribution in [0.3, 0.4) is 0 Å². The van der Waals surface area contributed by atoms with E-state index >= 15 is 0 Å². The van der Waals surface area contributed by atoms with Crippen molar-refractivity contribution in [1.29, 1.82) is 0 Å². The molecule has 2 unspecified atom stereocenters. The Morgan fingerprint density at radius 3 is 2.65 bits per heavy atom. The fourth-order valence-electron chi connectivity index (χ4n) is 2.99. The lowest BCUT2D eigenvalue weighted by molar-refractivity contribution is -0.153. The molecule has 2 bridgehead atoms. The Labute approximate surface area is 121 Å². The van der Waals surface area contributed by atoms with Crippen molar-refractivity contribution < 1.29 is 14.7 Å². The van der Waals surface area contributed by atoms with Gasteiger partial charge in [-0.1, -0.05) is 11.8 Å². The molecule has 1 saturated heterocycles. The minimum Gasteiger partial charge on any atom is -0.384 e. The number of imide groups is 1. The van der Waals surface area contributed by atoms with Crippen LogP contribution < -0.4 is 0 Å². The summed E-state index contributed by atoms with van der Waals surface area (Å²) >= 11 is 1.49. The quantitative estimate of drug-likeness (QED) is 0.661. The van der Waals surface area contributed by atoms with Crippen LogP contribution in [0.5, 0.6) is 0 Å². The second-order valence-electron chi connectivity index (χ2n) is 5.19. The van der Waals surface area contributed by atoms with E-state index in [1.165, 1.54) is 16.2 Å². The number of thiophene rings is 1. The molecule has 1 aliphatic carbocycles. The number of aliphatic hydroxyl groups excluding tert-OH is 1. The maximum Gasteiger partial charge on any atom is 0.232 e. The fourth-order valence-corrected chi connectivity index (χ4v) is 3.81. The number of carbonyl (C=O) groups excluding carboxylic acids is 2. The molecule has 104 valence electrons. The zero-order valence-electron chi connectivity index (χ0n) is 11.0. The van der Waals surface area contributed by atoms with Crippen molar-refractivity contribution in [2.75, 3.05) is 6.61 Å². The molecule has 1 N–H and O–H groups in total. The Morgan fingerprint density at radius 1 is 1.30 bits per heavy atom. The molecule has 0 radical (unpaired) electrons. The van der Waals surface area contributed by atoms with E-state index in [4.69, 9.17) is 5.11 Å². The first-order valence-electron chi connectivity index (χ1n) is 6.72. The lowest BCUT2D eigenvalue weighted by Crippen LogP contribution is -2.45. The molecule has 1 aromatic heterocycles. The summed E-state index contributed by atoms with van der Waals surface area (Å²) in [5, 5.41) is 10.6. The van der Waals surface area contributed by atoms with Gasteiger partial charge in [0.05, 0.1) is 6.54 Å². The maximum absolute atomic E-state index is 12.3. The molecule has 5 heteroatoms. The molecule has 3 rings (SSSR count). The van der Waals surface area contributed by atoms with Crippen molar-refractivity contribution in [3.05, 3.63) is 21.9 Å². The van der Waals surface area contributed by atoms with Crippen LogP contribution in [0.25, 0.3) is 0 Å². The highest BCUT2D eigenvalue weighted by Crippen LogP contribution is 2.39. The zero-order valence-corrected chi connectivity index (χ0v) is 11.8. The van der Waals surface area contributed by atoms with Gasteiger partial charge in [-0.25, -0.2) is 0 Å². The molecule has 20 heavy (non-hydrogen) atoms. The summed E-state index contributed by atoms with van der Waals surface area (Å²) in [6, 6.07) is 1.86. The Bertz CT molecular complexity index is 588. The Morgan fingerprint density at radius 2 is 2.00 bits per heavy atom.